The highest BCUT2D eigenvalue weighted by molar-refractivity contribution is 5.75. The van der Waals surface area contributed by atoms with Gasteiger partial charge in [-0.1, -0.05) is 13.8 Å². The van der Waals surface area contributed by atoms with E-state index in [9.17, 15) is 4.79 Å². The third-order valence-electron chi connectivity index (χ3n) is 3.05. The van der Waals surface area contributed by atoms with Gasteiger partial charge in [0.2, 0.25) is 5.91 Å². The van der Waals surface area contributed by atoms with Gasteiger partial charge >= 0.3 is 0 Å². The molecule has 108 valence electrons. The molecule has 1 amide bonds. The van der Waals surface area contributed by atoms with E-state index >= 15 is 0 Å². The molecular weight excluding hydrogens is 240 g/mol. The van der Waals surface area contributed by atoms with Crippen molar-refractivity contribution in [2.75, 3.05) is 13.1 Å². The molecule has 0 saturated carbocycles. The van der Waals surface area contributed by atoms with Gasteiger partial charge < -0.3 is 10.6 Å². The first-order valence-corrected chi connectivity index (χ1v) is 6.96. The van der Waals surface area contributed by atoms with Gasteiger partial charge in [-0.3, -0.25) is 9.48 Å². The summed E-state index contributed by atoms with van der Waals surface area (Å²) in [6.07, 6.45) is 0. The van der Waals surface area contributed by atoms with Crippen molar-refractivity contribution in [2.24, 2.45) is 5.92 Å². The zero-order chi connectivity index (χ0) is 14.4. The molecule has 0 saturated heterocycles. The van der Waals surface area contributed by atoms with Crippen molar-refractivity contribution in [1.29, 1.82) is 0 Å². The predicted octanol–water partition coefficient (Wildman–Crippen LogP) is 1.38. The molecule has 5 nitrogen and oxygen atoms in total. The minimum Gasteiger partial charge on any atom is -0.355 e. The quantitative estimate of drug-likeness (QED) is 0.784. The van der Waals surface area contributed by atoms with Crippen LogP contribution in [0.3, 0.4) is 0 Å². The molecule has 19 heavy (non-hydrogen) atoms. The third kappa shape index (κ3) is 4.67. The lowest BCUT2D eigenvalue weighted by atomic mass is 10.2. The van der Waals surface area contributed by atoms with Crippen molar-refractivity contribution in [3.05, 3.63) is 17.0 Å². The topological polar surface area (TPSA) is 59.0 Å². The van der Waals surface area contributed by atoms with E-state index in [1.165, 1.54) is 5.56 Å². The molecule has 1 aromatic rings. The number of likely N-dealkylation sites (N-methyl/N-ethyl adjacent to an activating group) is 1. The fourth-order valence-corrected chi connectivity index (χ4v) is 2.02. The van der Waals surface area contributed by atoms with Crippen molar-refractivity contribution in [3.63, 3.8) is 0 Å². The van der Waals surface area contributed by atoms with Crippen LogP contribution in [-0.2, 0) is 17.9 Å². The number of aromatic nitrogens is 2. The Morgan fingerprint density at radius 1 is 1.37 bits per heavy atom. The lowest BCUT2D eigenvalue weighted by molar-refractivity contribution is -0.121. The molecule has 0 spiro atoms. The summed E-state index contributed by atoms with van der Waals surface area (Å²) in [5.41, 5.74) is 3.27. The lowest BCUT2D eigenvalue weighted by Gasteiger charge is -2.08. The molecule has 0 radical (unpaired) electrons. The molecule has 0 aliphatic rings. The van der Waals surface area contributed by atoms with Gasteiger partial charge in [-0.25, -0.2) is 0 Å². The first-order valence-electron chi connectivity index (χ1n) is 6.96. The number of aryl methyl sites for hydroxylation is 1. The van der Waals surface area contributed by atoms with E-state index in [0.717, 1.165) is 24.5 Å². The molecule has 0 fully saturated rings. The van der Waals surface area contributed by atoms with Crippen LogP contribution < -0.4 is 10.6 Å². The molecular formula is C14H26N4O. The van der Waals surface area contributed by atoms with Gasteiger partial charge in [-0.05, 0) is 33.2 Å². The number of rotatable bonds is 7. The first-order chi connectivity index (χ1) is 8.95. The van der Waals surface area contributed by atoms with E-state index in [1.807, 2.05) is 20.8 Å². The lowest BCUT2D eigenvalue weighted by Crippen LogP contribution is -2.28. The Hall–Kier alpha value is -1.36. The second-order valence-corrected chi connectivity index (χ2v) is 5.29. The van der Waals surface area contributed by atoms with E-state index in [-0.39, 0.29) is 5.91 Å². The number of carbonyl (C=O) groups excluding carboxylic acids is 1. The van der Waals surface area contributed by atoms with Crippen LogP contribution in [0.25, 0.3) is 0 Å². The fraction of sp³-hybridized carbons (Fsp3) is 0.714. The maximum absolute atomic E-state index is 11.6. The zero-order valence-electron chi connectivity index (χ0n) is 12.7. The van der Waals surface area contributed by atoms with Crippen LogP contribution in [-0.4, -0.2) is 28.8 Å². The minimum atomic E-state index is 0.00906. The van der Waals surface area contributed by atoms with Crippen molar-refractivity contribution >= 4 is 5.91 Å². The number of nitrogens with one attached hydrogen (secondary N) is 2. The number of hydrogen-bond donors (Lipinski definition) is 2. The van der Waals surface area contributed by atoms with E-state index in [1.54, 1.807) is 4.68 Å². The van der Waals surface area contributed by atoms with E-state index in [4.69, 9.17) is 0 Å². The SMILES string of the molecule is CCNC(=O)Cn1nc(C)c(CNCC(C)C)c1C. The van der Waals surface area contributed by atoms with Gasteiger partial charge in [0, 0.05) is 24.3 Å². The maximum Gasteiger partial charge on any atom is 0.241 e. The van der Waals surface area contributed by atoms with Gasteiger partial charge in [-0.15, -0.1) is 0 Å². The summed E-state index contributed by atoms with van der Waals surface area (Å²) in [6, 6.07) is 0. The highest BCUT2D eigenvalue weighted by atomic mass is 16.2. The Bertz CT molecular complexity index is 423. The van der Waals surface area contributed by atoms with Crippen LogP contribution in [0.5, 0.6) is 0 Å². The second kappa shape index (κ2) is 7.28. The minimum absolute atomic E-state index is 0.00906. The molecule has 1 heterocycles. The summed E-state index contributed by atoms with van der Waals surface area (Å²) in [5, 5.41) is 10.7. The molecule has 0 aliphatic heterocycles. The molecule has 0 bridgehead atoms. The van der Waals surface area contributed by atoms with Crippen LogP contribution in [0.4, 0.5) is 0 Å². The third-order valence-corrected chi connectivity index (χ3v) is 3.05. The van der Waals surface area contributed by atoms with Gasteiger partial charge in [0.15, 0.2) is 0 Å². The molecule has 1 aromatic heterocycles. The standard InChI is InChI=1S/C14H26N4O/c1-6-16-14(19)9-18-12(5)13(11(4)17-18)8-15-7-10(2)3/h10,15H,6-9H2,1-5H3,(H,16,19). The second-order valence-electron chi connectivity index (χ2n) is 5.29. The van der Waals surface area contributed by atoms with E-state index in [0.29, 0.717) is 19.0 Å². The Kier molecular flexibility index (Phi) is 6.02. The zero-order valence-corrected chi connectivity index (χ0v) is 12.7. The average Bonchev–Trinajstić information content (AvgIpc) is 2.56. The molecule has 0 atom stereocenters. The van der Waals surface area contributed by atoms with Gasteiger partial charge in [0.1, 0.15) is 6.54 Å². The number of carbonyl (C=O) groups is 1. The molecule has 0 unspecified atom stereocenters. The van der Waals surface area contributed by atoms with Crippen LogP contribution >= 0.6 is 0 Å². The fourth-order valence-electron chi connectivity index (χ4n) is 2.02. The van der Waals surface area contributed by atoms with Gasteiger partial charge in [0.25, 0.3) is 0 Å². The van der Waals surface area contributed by atoms with E-state index < -0.39 is 0 Å². The Morgan fingerprint density at radius 3 is 2.63 bits per heavy atom. The monoisotopic (exact) mass is 266 g/mol. The van der Waals surface area contributed by atoms with Crippen LogP contribution in [0, 0.1) is 19.8 Å². The van der Waals surface area contributed by atoms with Crippen molar-refractivity contribution in [1.82, 2.24) is 20.4 Å². The maximum atomic E-state index is 11.6. The van der Waals surface area contributed by atoms with Crippen LogP contribution in [0.1, 0.15) is 37.7 Å². The number of hydrogen-bond acceptors (Lipinski definition) is 3. The molecule has 2 N–H and O–H groups in total. The van der Waals surface area contributed by atoms with Crippen LogP contribution in [0.2, 0.25) is 0 Å². The largest absolute Gasteiger partial charge is 0.355 e. The van der Waals surface area contributed by atoms with E-state index in [2.05, 4.69) is 29.6 Å². The average molecular weight is 266 g/mol. The van der Waals surface area contributed by atoms with Crippen molar-refractivity contribution in [3.8, 4) is 0 Å². The predicted molar refractivity (Wildman–Crippen MR) is 76.9 cm³/mol. The molecule has 0 aliphatic carbocycles. The highest BCUT2D eigenvalue weighted by Gasteiger charge is 2.13. The number of amides is 1. The summed E-state index contributed by atoms with van der Waals surface area (Å²) in [4.78, 5) is 11.6. The summed E-state index contributed by atoms with van der Waals surface area (Å²) in [7, 11) is 0. The number of nitrogens with zero attached hydrogens (tertiary/aromatic N) is 2. The molecule has 1 rings (SSSR count). The van der Waals surface area contributed by atoms with Crippen LogP contribution in [0.15, 0.2) is 0 Å². The summed E-state index contributed by atoms with van der Waals surface area (Å²) in [6.45, 7) is 13.0. The normalized spacial score (nSPS) is 11.1. The Labute approximate surface area is 115 Å². The molecule has 5 heteroatoms. The smallest absolute Gasteiger partial charge is 0.241 e. The molecule has 0 aromatic carbocycles. The summed E-state index contributed by atoms with van der Waals surface area (Å²) < 4.78 is 1.78. The Morgan fingerprint density at radius 2 is 2.05 bits per heavy atom. The Balaban J connectivity index is 2.68. The summed E-state index contributed by atoms with van der Waals surface area (Å²) in [5.74, 6) is 0.640. The first kappa shape index (κ1) is 15.7. The highest BCUT2D eigenvalue weighted by Crippen LogP contribution is 2.12. The summed E-state index contributed by atoms with van der Waals surface area (Å²) >= 11 is 0. The van der Waals surface area contributed by atoms with Crippen molar-refractivity contribution in [2.45, 2.75) is 47.7 Å². The van der Waals surface area contributed by atoms with Gasteiger partial charge in [-0.2, -0.15) is 5.10 Å². The van der Waals surface area contributed by atoms with Crippen molar-refractivity contribution < 1.29 is 4.79 Å². The van der Waals surface area contributed by atoms with Gasteiger partial charge in [0.05, 0.1) is 5.69 Å².